The lowest BCUT2D eigenvalue weighted by molar-refractivity contribution is -0.138. The van der Waals surface area contributed by atoms with Crippen LogP contribution in [0.4, 0.5) is 36.4 Å². The van der Waals surface area contributed by atoms with Gasteiger partial charge in [-0.05, 0) is 54.4 Å². The van der Waals surface area contributed by atoms with E-state index in [4.69, 9.17) is 9.47 Å². The molecule has 1 heterocycles. The Balaban J connectivity index is 2.20. The minimum Gasteiger partial charge on any atom is -0.481 e. The van der Waals surface area contributed by atoms with Crippen molar-refractivity contribution in [1.29, 1.82) is 0 Å². The number of amides is 1. The number of aryl methyl sites for hydroxylation is 1. The molecule has 0 bridgehead atoms. The summed E-state index contributed by atoms with van der Waals surface area (Å²) in [5, 5.41) is 2.35. The highest BCUT2D eigenvalue weighted by Gasteiger charge is 2.42. The summed E-state index contributed by atoms with van der Waals surface area (Å²) in [6.07, 6.45) is -9.22. The van der Waals surface area contributed by atoms with Gasteiger partial charge in [0.05, 0.1) is 23.8 Å². The number of benzene rings is 2. The summed E-state index contributed by atoms with van der Waals surface area (Å²) in [7, 11) is 1.30. The molecule has 0 fully saturated rings. The second-order valence-corrected chi connectivity index (χ2v) is 7.42. The van der Waals surface area contributed by atoms with Gasteiger partial charge < -0.3 is 14.8 Å². The molecule has 190 valence electrons. The maximum atomic E-state index is 13.8. The lowest BCUT2D eigenvalue weighted by atomic mass is 9.96. The van der Waals surface area contributed by atoms with Crippen LogP contribution in [0.5, 0.6) is 17.4 Å². The van der Waals surface area contributed by atoms with Crippen LogP contribution in [0.15, 0.2) is 55.2 Å². The van der Waals surface area contributed by atoms with E-state index in [-0.39, 0.29) is 28.9 Å². The number of alkyl halides is 6. The SMILES string of the molecule is C=C(c1cc(C(=O)Nc2ccnc(OC)c2)c(Oc2ccc(F)cc2C)cc1C(F)(F)F)C(F)(F)F. The van der Waals surface area contributed by atoms with Gasteiger partial charge in [0.25, 0.3) is 5.91 Å². The fourth-order valence-corrected chi connectivity index (χ4v) is 3.12. The first-order valence-corrected chi connectivity index (χ1v) is 9.98. The number of carbonyl (C=O) groups excluding carboxylic acids is 1. The summed E-state index contributed by atoms with van der Waals surface area (Å²) in [5.74, 6) is -2.49. The Bertz CT molecular complexity index is 1320. The maximum absolute atomic E-state index is 13.8. The number of carbonyl (C=O) groups is 1. The van der Waals surface area contributed by atoms with Crippen LogP contribution in [0.2, 0.25) is 0 Å². The van der Waals surface area contributed by atoms with E-state index in [0.717, 1.165) is 18.2 Å². The van der Waals surface area contributed by atoms with Gasteiger partial charge in [0.1, 0.15) is 17.3 Å². The maximum Gasteiger partial charge on any atom is 0.417 e. The largest absolute Gasteiger partial charge is 0.481 e. The van der Waals surface area contributed by atoms with Gasteiger partial charge in [-0.3, -0.25) is 4.79 Å². The van der Waals surface area contributed by atoms with Crippen LogP contribution < -0.4 is 14.8 Å². The topological polar surface area (TPSA) is 60.5 Å². The average Bonchev–Trinajstić information content (AvgIpc) is 2.79. The van der Waals surface area contributed by atoms with Crippen LogP contribution in [0.3, 0.4) is 0 Å². The molecule has 0 atom stereocenters. The van der Waals surface area contributed by atoms with Crippen LogP contribution in [-0.2, 0) is 6.18 Å². The fraction of sp³-hybridized carbons (Fsp3) is 0.167. The van der Waals surface area contributed by atoms with Gasteiger partial charge in [0.15, 0.2) is 0 Å². The van der Waals surface area contributed by atoms with Crippen LogP contribution in [0.1, 0.15) is 27.0 Å². The molecule has 5 nitrogen and oxygen atoms in total. The van der Waals surface area contributed by atoms with Gasteiger partial charge >= 0.3 is 12.4 Å². The number of ether oxygens (including phenoxy) is 2. The summed E-state index contributed by atoms with van der Waals surface area (Å²) < 4.78 is 105. The second-order valence-electron chi connectivity index (χ2n) is 7.42. The van der Waals surface area contributed by atoms with Crippen molar-refractivity contribution in [1.82, 2.24) is 4.98 Å². The first-order valence-electron chi connectivity index (χ1n) is 9.98. The standard InChI is InChI=1S/C24H17F7N2O3/c1-12-8-14(25)4-5-19(12)36-20-11-18(24(29,30)31)16(13(2)23(26,27)28)10-17(20)22(34)33-15-6-7-32-21(9-15)35-3/h4-11H,2H2,1,3H3,(H,32,33,34). The van der Waals surface area contributed by atoms with Gasteiger partial charge in [0, 0.05) is 18.0 Å². The molecule has 3 rings (SSSR count). The number of rotatable bonds is 6. The normalized spacial score (nSPS) is 11.7. The van der Waals surface area contributed by atoms with Gasteiger partial charge in [-0.2, -0.15) is 26.3 Å². The number of hydrogen-bond donors (Lipinski definition) is 1. The highest BCUT2D eigenvalue weighted by atomic mass is 19.4. The molecule has 0 aliphatic heterocycles. The number of methoxy groups -OCH3 is 1. The number of pyridine rings is 1. The third kappa shape index (κ3) is 5.93. The number of allylic oxidation sites excluding steroid dienone is 1. The molecule has 3 aromatic rings. The Morgan fingerprint density at radius 2 is 1.67 bits per heavy atom. The van der Waals surface area contributed by atoms with Gasteiger partial charge in [-0.1, -0.05) is 6.58 Å². The Hall–Kier alpha value is -4.09. The summed E-state index contributed by atoms with van der Waals surface area (Å²) >= 11 is 0. The Labute approximate surface area is 200 Å². The zero-order valence-electron chi connectivity index (χ0n) is 18.6. The van der Waals surface area contributed by atoms with Crippen molar-refractivity contribution in [2.75, 3.05) is 12.4 Å². The van der Waals surface area contributed by atoms with Gasteiger partial charge in [0.2, 0.25) is 5.88 Å². The minimum absolute atomic E-state index is 0.0877. The van der Waals surface area contributed by atoms with Crippen molar-refractivity contribution in [3.05, 3.63) is 83.3 Å². The van der Waals surface area contributed by atoms with Crippen molar-refractivity contribution in [2.45, 2.75) is 19.3 Å². The molecule has 36 heavy (non-hydrogen) atoms. The molecule has 0 saturated carbocycles. The van der Waals surface area contributed by atoms with Crippen molar-refractivity contribution in [3.8, 4) is 17.4 Å². The lowest BCUT2D eigenvalue weighted by Crippen LogP contribution is -2.19. The van der Waals surface area contributed by atoms with E-state index in [9.17, 15) is 35.5 Å². The minimum atomic E-state index is -5.26. The summed E-state index contributed by atoms with van der Waals surface area (Å²) in [6, 6.07) is 6.39. The quantitative estimate of drug-likeness (QED) is 0.354. The van der Waals surface area contributed by atoms with E-state index in [1.54, 1.807) is 0 Å². The molecule has 0 aliphatic carbocycles. The van der Waals surface area contributed by atoms with Crippen LogP contribution in [-0.4, -0.2) is 24.2 Å². The molecule has 1 N–H and O–H groups in total. The van der Waals surface area contributed by atoms with E-state index in [1.165, 1.54) is 32.4 Å². The molecular weight excluding hydrogens is 497 g/mol. The average molecular weight is 514 g/mol. The van der Waals surface area contributed by atoms with Crippen LogP contribution in [0, 0.1) is 12.7 Å². The first kappa shape index (κ1) is 26.5. The predicted molar refractivity (Wildman–Crippen MR) is 116 cm³/mol. The van der Waals surface area contributed by atoms with E-state index < -0.39 is 52.1 Å². The van der Waals surface area contributed by atoms with E-state index in [2.05, 4.69) is 16.9 Å². The van der Waals surface area contributed by atoms with Crippen LogP contribution >= 0.6 is 0 Å². The third-order valence-electron chi connectivity index (χ3n) is 4.90. The van der Waals surface area contributed by atoms with Crippen molar-refractivity contribution < 1.29 is 45.0 Å². The Morgan fingerprint density at radius 3 is 2.25 bits per heavy atom. The molecule has 0 radical (unpaired) electrons. The number of anilines is 1. The van der Waals surface area contributed by atoms with E-state index in [0.29, 0.717) is 6.07 Å². The zero-order valence-corrected chi connectivity index (χ0v) is 18.6. The molecular formula is C24H17F7N2O3. The molecule has 0 aliphatic rings. The van der Waals surface area contributed by atoms with Crippen molar-refractivity contribution >= 4 is 17.2 Å². The summed E-state index contributed by atoms with van der Waals surface area (Å²) in [6.45, 7) is 4.15. The lowest BCUT2D eigenvalue weighted by Gasteiger charge is -2.21. The molecule has 0 spiro atoms. The van der Waals surface area contributed by atoms with Crippen molar-refractivity contribution in [3.63, 3.8) is 0 Å². The van der Waals surface area contributed by atoms with Crippen LogP contribution in [0.25, 0.3) is 5.57 Å². The number of nitrogens with zero attached hydrogens (tertiary/aromatic N) is 1. The Kier molecular flexibility index (Phi) is 7.27. The number of aromatic nitrogens is 1. The molecule has 12 heteroatoms. The van der Waals surface area contributed by atoms with Gasteiger partial charge in [-0.25, -0.2) is 9.37 Å². The third-order valence-corrected chi connectivity index (χ3v) is 4.90. The highest BCUT2D eigenvalue weighted by molar-refractivity contribution is 6.07. The Morgan fingerprint density at radius 1 is 0.972 bits per heavy atom. The molecule has 1 amide bonds. The highest BCUT2D eigenvalue weighted by Crippen LogP contribution is 2.44. The molecule has 1 aromatic heterocycles. The molecule has 2 aromatic carbocycles. The number of nitrogens with one attached hydrogen (secondary N) is 1. The van der Waals surface area contributed by atoms with Crippen molar-refractivity contribution in [2.24, 2.45) is 0 Å². The zero-order chi connectivity index (χ0) is 26.8. The predicted octanol–water partition coefficient (Wildman–Crippen LogP) is 7.18. The first-order chi connectivity index (χ1) is 16.7. The van der Waals surface area contributed by atoms with E-state index >= 15 is 0 Å². The fourth-order valence-electron chi connectivity index (χ4n) is 3.12. The summed E-state index contributed by atoms with van der Waals surface area (Å²) in [5.41, 5.74) is -5.29. The second kappa shape index (κ2) is 9.88. The molecule has 0 saturated heterocycles. The molecule has 0 unspecified atom stereocenters. The van der Waals surface area contributed by atoms with Gasteiger partial charge in [-0.15, -0.1) is 0 Å². The monoisotopic (exact) mass is 514 g/mol. The smallest absolute Gasteiger partial charge is 0.417 e. The number of halogens is 7. The number of hydrogen-bond acceptors (Lipinski definition) is 4. The summed E-state index contributed by atoms with van der Waals surface area (Å²) in [4.78, 5) is 16.9. The van der Waals surface area contributed by atoms with E-state index in [1.807, 2.05) is 0 Å².